The highest BCUT2D eigenvalue weighted by Gasteiger charge is 2.03. The van der Waals surface area contributed by atoms with E-state index in [1.165, 1.54) is 0 Å². The van der Waals surface area contributed by atoms with Gasteiger partial charge in [-0.05, 0) is 11.1 Å². The van der Waals surface area contributed by atoms with Gasteiger partial charge in [0.2, 0.25) is 11.9 Å². The van der Waals surface area contributed by atoms with Gasteiger partial charge < -0.3 is 22.1 Å². The fourth-order valence-electron chi connectivity index (χ4n) is 2.21. The second-order valence-corrected chi connectivity index (χ2v) is 6.17. The van der Waals surface area contributed by atoms with Gasteiger partial charge in [-0.3, -0.25) is 0 Å². The highest BCUT2D eigenvalue weighted by atomic mass is 35.5. The molecule has 3 aromatic rings. The zero-order valence-corrected chi connectivity index (χ0v) is 15.1. The van der Waals surface area contributed by atoms with Crippen molar-refractivity contribution in [3.8, 4) is 0 Å². The summed E-state index contributed by atoms with van der Waals surface area (Å²) in [5.74, 6) is 1.41. The smallest absolute Gasteiger partial charge is 0.223 e. The third-order valence-corrected chi connectivity index (χ3v) is 3.78. The number of aromatic nitrogens is 4. The number of halogens is 2. The van der Waals surface area contributed by atoms with Gasteiger partial charge >= 0.3 is 0 Å². The third kappa shape index (κ3) is 5.08. The lowest BCUT2D eigenvalue weighted by Crippen LogP contribution is -2.06. The molecule has 0 atom stereocenters. The first-order valence-electron chi connectivity index (χ1n) is 7.63. The topological polar surface area (TPSA) is 128 Å². The van der Waals surface area contributed by atoms with Crippen LogP contribution < -0.4 is 22.1 Å². The first kappa shape index (κ1) is 18.0. The van der Waals surface area contributed by atoms with Gasteiger partial charge in [-0.15, -0.1) is 0 Å². The molecule has 0 aliphatic heterocycles. The monoisotopic (exact) mass is 390 g/mol. The van der Waals surface area contributed by atoms with Crippen LogP contribution in [0.15, 0.2) is 36.4 Å². The summed E-state index contributed by atoms with van der Waals surface area (Å²) in [5.41, 5.74) is 13.3. The second-order valence-electron chi connectivity index (χ2n) is 5.39. The van der Waals surface area contributed by atoms with Gasteiger partial charge in [0, 0.05) is 25.2 Å². The number of anilines is 4. The zero-order chi connectivity index (χ0) is 18.5. The Balaban J connectivity index is 1.56. The molecule has 134 valence electrons. The molecular formula is C16H16Cl2N8. The van der Waals surface area contributed by atoms with Crippen LogP contribution in [0.4, 0.5) is 23.5 Å². The highest BCUT2D eigenvalue weighted by Crippen LogP contribution is 2.15. The summed E-state index contributed by atoms with van der Waals surface area (Å²) in [5, 5.41) is 6.91. The average Bonchev–Trinajstić information content (AvgIpc) is 2.57. The Morgan fingerprint density at radius 1 is 0.692 bits per heavy atom. The van der Waals surface area contributed by atoms with Crippen LogP contribution >= 0.6 is 23.2 Å². The van der Waals surface area contributed by atoms with Gasteiger partial charge in [0.1, 0.15) is 21.9 Å². The van der Waals surface area contributed by atoms with E-state index in [1.54, 1.807) is 12.1 Å². The van der Waals surface area contributed by atoms with Crippen molar-refractivity contribution in [1.82, 2.24) is 19.9 Å². The van der Waals surface area contributed by atoms with Crippen molar-refractivity contribution in [3.05, 3.63) is 57.8 Å². The first-order chi connectivity index (χ1) is 12.5. The predicted octanol–water partition coefficient (Wildman–Crippen LogP) is 2.96. The molecule has 0 aliphatic rings. The Labute approximate surface area is 160 Å². The van der Waals surface area contributed by atoms with E-state index in [2.05, 4.69) is 30.6 Å². The lowest BCUT2D eigenvalue weighted by atomic mass is 10.1. The minimum atomic E-state index is 0.131. The summed E-state index contributed by atoms with van der Waals surface area (Å²) < 4.78 is 0. The van der Waals surface area contributed by atoms with Crippen LogP contribution in [0, 0.1) is 0 Å². The van der Waals surface area contributed by atoms with Gasteiger partial charge in [0.15, 0.2) is 0 Å². The van der Waals surface area contributed by atoms with E-state index >= 15 is 0 Å². The minimum absolute atomic E-state index is 0.131. The van der Waals surface area contributed by atoms with Crippen LogP contribution in [0.25, 0.3) is 0 Å². The van der Waals surface area contributed by atoms with E-state index in [0.29, 0.717) is 35.0 Å². The van der Waals surface area contributed by atoms with E-state index in [-0.39, 0.29) is 11.9 Å². The molecule has 6 N–H and O–H groups in total. The number of hydrogen-bond donors (Lipinski definition) is 4. The van der Waals surface area contributed by atoms with Gasteiger partial charge in [-0.1, -0.05) is 47.5 Å². The lowest BCUT2D eigenvalue weighted by Gasteiger charge is -2.09. The molecule has 0 saturated heterocycles. The van der Waals surface area contributed by atoms with Gasteiger partial charge in [-0.25, -0.2) is 9.97 Å². The van der Waals surface area contributed by atoms with Crippen LogP contribution in [0.3, 0.4) is 0 Å². The molecule has 0 bridgehead atoms. The van der Waals surface area contributed by atoms with Crippen LogP contribution in [-0.4, -0.2) is 19.9 Å². The molecular weight excluding hydrogens is 375 g/mol. The van der Waals surface area contributed by atoms with Crippen LogP contribution in [0.2, 0.25) is 10.3 Å². The zero-order valence-electron chi connectivity index (χ0n) is 13.6. The average molecular weight is 391 g/mol. The molecule has 10 heteroatoms. The minimum Gasteiger partial charge on any atom is -0.368 e. The van der Waals surface area contributed by atoms with Crippen molar-refractivity contribution < 1.29 is 0 Å². The number of nitrogens with zero attached hydrogens (tertiary/aromatic N) is 4. The van der Waals surface area contributed by atoms with Gasteiger partial charge in [0.25, 0.3) is 0 Å². The Kier molecular flexibility index (Phi) is 5.55. The summed E-state index contributed by atoms with van der Waals surface area (Å²) in [6.07, 6.45) is 0. The number of nitrogen functional groups attached to an aromatic ring is 2. The van der Waals surface area contributed by atoms with Gasteiger partial charge in [0.05, 0.1) is 0 Å². The molecule has 0 fully saturated rings. The summed E-state index contributed by atoms with van der Waals surface area (Å²) in [6, 6.07) is 11.3. The maximum atomic E-state index is 5.85. The van der Waals surface area contributed by atoms with E-state index < -0.39 is 0 Å². The third-order valence-electron chi connectivity index (χ3n) is 3.39. The quantitative estimate of drug-likeness (QED) is 0.472. The molecule has 0 radical (unpaired) electrons. The highest BCUT2D eigenvalue weighted by molar-refractivity contribution is 6.30. The van der Waals surface area contributed by atoms with Crippen LogP contribution in [0.5, 0.6) is 0 Å². The Morgan fingerprint density at radius 2 is 1.08 bits per heavy atom. The number of benzene rings is 1. The second kappa shape index (κ2) is 8.03. The fourth-order valence-corrected chi connectivity index (χ4v) is 2.59. The molecule has 0 saturated carbocycles. The van der Waals surface area contributed by atoms with E-state index in [9.17, 15) is 0 Å². The SMILES string of the molecule is Nc1nc(Cl)cc(NCc2ccc(CNc3cc(Cl)nc(N)n3)cc2)n1. The maximum absolute atomic E-state index is 5.85. The van der Waals surface area contributed by atoms with E-state index in [1.807, 2.05) is 24.3 Å². The molecule has 3 rings (SSSR count). The van der Waals surface area contributed by atoms with Crippen molar-refractivity contribution in [2.45, 2.75) is 13.1 Å². The van der Waals surface area contributed by atoms with E-state index in [0.717, 1.165) is 11.1 Å². The molecule has 0 unspecified atom stereocenters. The van der Waals surface area contributed by atoms with Crippen molar-refractivity contribution in [3.63, 3.8) is 0 Å². The summed E-state index contributed by atoms with van der Waals surface area (Å²) >= 11 is 11.7. The van der Waals surface area contributed by atoms with Crippen molar-refractivity contribution in [2.75, 3.05) is 22.1 Å². The van der Waals surface area contributed by atoms with Crippen LogP contribution in [-0.2, 0) is 13.1 Å². The summed E-state index contributed by atoms with van der Waals surface area (Å²) in [6.45, 7) is 1.16. The molecule has 0 spiro atoms. The maximum Gasteiger partial charge on any atom is 0.223 e. The normalized spacial score (nSPS) is 10.5. The Bertz CT molecular complexity index is 786. The van der Waals surface area contributed by atoms with Crippen LogP contribution in [0.1, 0.15) is 11.1 Å². The van der Waals surface area contributed by atoms with Crippen molar-refractivity contribution >= 4 is 46.7 Å². The number of nitrogens with two attached hydrogens (primary N) is 2. The molecule has 1 aromatic carbocycles. The standard InChI is InChI=1S/C16H16Cl2N8/c17-11-5-13(25-15(19)23-11)21-7-9-1-2-10(4-3-9)8-22-14-6-12(18)24-16(20)26-14/h1-6H,7-8H2,(H3,19,21,23,25)(H3,20,22,24,26). The lowest BCUT2D eigenvalue weighted by molar-refractivity contribution is 1.07. The molecule has 2 aromatic heterocycles. The van der Waals surface area contributed by atoms with Crippen molar-refractivity contribution in [1.29, 1.82) is 0 Å². The molecule has 0 amide bonds. The molecule has 8 nitrogen and oxygen atoms in total. The van der Waals surface area contributed by atoms with Gasteiger partial charge in [-0.2, -0.15) is 9.97 Å². The molecule has 26 heavy (non-hydrogen) atoms. The number of rotatable bonds is 6. The first-order valence-corrected chi connectivity index (χ1v) is 8.39. The number of nitrogens with one attached hydrogen (secondary N) is 2. The van der Waals surface area contributed by atoms with E-state index in [4.69, 9.17) is 34.7 Å². The molecule has 0 aliphatic carbocycles. The summed E-state index contributed by atoms with van der Waals surface area (Å²) in [4.78, 5) is 15.8. The summed E-state index contributed by atoms with van der Waals surface area (Å²) in [7, 11) is 0. The Hall–Kier alpha value is -2.84. The molecule has 2 heterocycles. The predicted molar refractivity (Wildman–Crippen MR) is 104 cm³/mol. The fraction of sp³-hybridized carbons (Fsp3) is 0.125. The Morgan fingerprint density at radius 3 is 1.42 bits per heavy atom. The largest absolute Gasteiger partial charge is 0.368 e. The van der Waals surface area contributed by atoms with Crippen molar-refractivity contribution in [2.24, 2.45) is 0 Å². The number of hydrogen-bond acceptors (Lipinski definition) is 8.